The first-order chi connectivity index (χ1) is 7.22. The fourth-order valence-electron chi connectivity index (χ4n) is 0.928. The molecule has 6 heteroatoms. The number of carboxylic acid groups (broad SMARTS) is 1. The molecule has 4 N–H and O–H groups in total. The number of carboxylic acids is 1. The van der Waals surface area contributed by atoms with Gasteiger partial charge in [-0.05, 0) is 20.8 Å². The highest BCUT2D eigenvalue weighted by Crippen LogP contribution is 2.07. The third-order valence-corrected chi connectivity index (χ3v) is 1.61. The predicted molar refractivity (Wildman–Crippen MR) is 58.9 cm³/mol. The number of nitrogens with two attached hydrogens (primary N) is 1. The summed E-state index contributed by atoms with van der Waals surface area (Å²) >= 11 is 0. The minimum Gasteiger partial charge on any atom is -0.480 e. The average molecular weight is 232 g/mol. The SMILES string of the molecule is CC(C)(C)OC(=O)CCNCC(N)C(=O)O. The van der Waals surface area contributed by atoms with Gasteiger partial charge in [0.15, 0.2) is 0 Å². The molecule has 0 rings (SSSR count). The van der Waals surface area contributed by atoms with Crippen LogP contribution in [0.2, 0.25) is 0 Å². The van der Waals surface area contributed by atoms with Gasteiger partial charge in [0.05, 0.1) is 6.42 Å². The van der Waals surface area contributed by atoms with Crippen LogP contribution in [0.25, 0.3) is 0 Å². The van der Waals surface area contributed by atoms with E-state index in [0.29, 0.717) is 6.54 Å². The van der Waals surface area contributed by atoms with Crippen molar-refractivity contribution in [3.05, 3.63) is 0 Å². The molecular weight excluding hydrogens is 212 g/mol. The minimum atomic E-state index is -1.07. The number of carbonyl (C=O) groups is 2. The van der Waals surface area contributed by atoms with Crippen LogP contribution >= 0.6 is 0 Å². The van der Waals surface area contributed by atoms with Crippen molar-refractivity contribution < 1.29 is 19.4 Å². The molecular formula is C10H20N2O4. The highest BCUT2D eigenvalue weighted by molar-refractivity contribution is 5.73. The van der Waals surface area contributed by atoms with E-state index in [9.17, 15) is 9.59 Å². The van der Waals surface area contributed by atoms with Gasteiger partial charge in [-0.2, -0.15) is 0 Å². The van der Waals surface area contributed by atoms with Gasteiger partial charge in [0.1, 0.15) is 11.6 Å². The zero-order chi connectivity index (χ0) is 12.8. The van der Waals surface area contributed by atoms with E-state index in [1.807, 2.05) is 0 Å². The number of esters is 1. The highest BCUT2D eigenvalue weighted by Gasteiger charge is 2.16. The lowest BCUT2D eigenvalue weighted by molar-refractivity contribution is -0.154. The van der Waals surface area contributed by atoms with Crippen LogP contribution in [0.4, 0.5) is 0 Å². The molecule has 0 saturated carbocycles. The van der Waals surface area contributed by atoms with Gasteiger partial charge in [-0.3, -0.25) is 9.59 Å². The Morgan fingerprint density at radius 3 is 2.44 bits per heavy atom. The lowest BCUT2D eigenvalue weighted by Gasteiger charge is -2.19. The van der Waals surface area contributed by atoms with Gasteiger partial charge in [-0.1, -0.05) is 0 Å². The number of ether oxygens (including phenoxy) is 1. The predicted octanol–water partition coefficient (Wildman–Crippen LogP) is -0.280. The maximum Gasteiger partial charge on any atom is 0.321 e. The maximum absolute atomic E-state index is 11.2. The molecule has 0 aliphatic heterocycles. The van der Waals surface area contributed by atoms with Crippen LogP contribution in [-0.4, -0.2) is 41.8 Å². The van der Waals surface area contributed by atoms with E-state index in [4.69, 9.17) is 15.6 Å². The number of nitrogens with one attached hydrogen (secondary N) is 1. The standard InChI is InChI=1S/C10H20N2O4/c1-10(2,3)16-8(13)4-5-12-6-7(11)9(14)15/h7,12H,4-6,11H2,1-3H3,(H,14,15). The van der Waals surface area contributed by atoms with Crippen LogP contribution in [0.15, 0.2) is 0 Å². The van der Waals surface area contributed by atoms with Crippen molar-refractivity contribution in [1.29, 1.82) is 0 Å². The zero-order valence-electron chi connectivity index (χ0n) is 9.95. The molecule has 0 spiro atoms. The van der Waals surface area contributed by atoms with Gasteiger partial charge >= 0.3 is 11.9 Å². The third kappa shape index (κ3) is 8.19. The lowest BCUT2D eigenvalue weighted by Crippen LogP contribution is -2.41. The van der Waals surface area contributed by atoms with Crippen molar-refractivity contribution in [3.63, 3.8) is 0 Å². The molecule has 0 saturated heterocycles. The largest absolute Gasteiger partial charge is 0.480 e. The van der Waals surface area contributed by atoms with Crippen LogP contribution in [0.5, 0.6) is 0 Å². The molecule has 0 heterocycles. The van der Waals surface area contributed by atoms with Crippen molar-refractivity contribution in [2.24, 2.45) is 5.73 Å². The van der Waals surface area contributed by atoms with Gasteiger partial charge in [0, 0.05) is 13.1 Å². The molecule has 0 fully saturated rings. The van der Waals surface area contributed by atoms with E-state index in [1.54, 1.807) is 20.8 Å². The topological polar surface area (TPSA) is 102 Å². The van der Waals surface area contributed by atoms with E-state index in [-0.39, 0.29) is 18.9 Å². The van der Waals surface area contributed by atoms with Crippen LogP contribution in [0, 0.1) is 0 Å². The van der Waals surface area contributed by atoms with Gasteiger partial charge < -0.3 is 20.9 Å². The smallest absolute Gasteiger partial charge is 0.321 e. The zero-order valence-corrected chi connectivity index (χ0v) is 9.95. The second-order valence-corrected chi connectivity index (χ2v) is 4.49. The van der Waals surface area contributed by atoms with Gasteiger partial charge in [0.2, 0.25) is 0 Å². The monoisotopic (exact) mass is 232 g/mol. The number of hydrogen-bond acceptors (Lipinski definition) is 5. The summed E-state index contributed by atoms with van der Waals surface area (Å²) in [5, 5.41) is 11.3. The van der Waals surface area contributed by atoms with E-state index in [1.165, 1.54) is 0 Å². The van der Waals surface area contributed by atoms with E-state index >= 15 is 0 Å². The van der Waals surface area contributed by atoms with Crippen LogP contribution in [-0.2, 0) is 14.3 Å². The molecule has 0 aliphatic rings. The van der Waals surface area contributed by atoms with Crippen LogP contribution in [0.1, 0.15) is 27.2 Å². The Balaban J connectivity index is 3.60. The van der Waals surface area contributed by atoms with Crippen molar-refractivity contribution in [1.82, 2.24) is 5.32 Å². The Bertz CT molecular complexity index is 248. The second-order valence-electron chi connectivity index (χ2n) is 4.49. The van der Waals surface area contributed by atoms with Gasteiger partial charge in [0.25, 0.3) is 0 Å². The summed E-state index contributed by atoms with van der Waals surface area (Å²) in [4.78, 5) is 21.6. The summed E-state index contributed by atoms with van der Waals surface area (Å²) in [6.45, 7) is 5.87. The van der Waals surface area contributed by atoms with Gasteiger partial charge in [-0.25, -0.2) is 0 Å². The first-order valence-corrected chi connectivity index (χ1v) is 5.13. The number of carbonyl (C=O) groups excluding carboxylic acids is 1. The molecule has 0 aromatic heterocycles. The Labute approximate surface area is 95.1 Å². The Kier molecular flexibility index (Phi) is 5.98. The summed E-state index contributed by atoms with van der Waals surface area (Å²) in [6, 6.07) is -0.946. The third-order valence-electron chi connectivity index (χ3n) is 1.61. The first-order valence-electron chi connectivity index (χ1n) is 5.13. The van der Waals surface area contributed by atoms with Gasteiger partial charge in [-0.15, -0.1) is 0 Å². The van der Waals surface area contributed by atoms with E-state index < -0.39 is 17.6 Å². The normalized spacial score (nSPS) is 13.2. The van der Waals surface area contributed by atoms with Crippen LogP contribution in [0.3, 0.4) is 0 Å². The first kappa shape index (κ1) is 14.9. The number of rotatable bonds is 6. The molecule has 0 aromatic rings. The number of hydrogen-bond donors (Lipinski definition) is 3. The quantitative estimate of drug-likeness (QED) is 0.430. The van der Waals surface area contributed by atoms with E-state index in [0.717, 1.165) is 0 Å². The molecule has 0 amide bonds. The summed E-state index contributed by atoms with van der Waals surface area (Å²) in [6.07, 6.45) is 0.198. The molecule has 0 bridgehead atoms. The fourth-order valence-corrected chi connectivity index (χ4v) is 0.928. The highest BCUT2D eigenvalue weighted by atomic mass is 16.6. The average Bonchev–Trinajstić information content (AvgIpc) is 2.08. The van der Waals surface area contributed by atoms with Crippen LogP contribution < -0.4 is 11.1 Å². The fraction of sp³-hybridized carbons (Fsp3) is 0.800. The summed E-state index contributed by atoms with van der Waals surface area (Å²) < 4.78 is 5.07. The Morgan fingerprint density at radius 2 is 2.00 bits per heavy atom. The molecule has 6 nitrogen and oxygen atoms in total. The molecule has 0 aliphatic carbocycles. The lowest BCUT2D eigenvalue weighted by atomic mass is 10.2. The second kappa shape index (κ2) is 6.44. The molecule has 16 heavy (non-hydrogen) atoms. The van der Waals surface area contributed by atoms with E-state index in [2.05, 4.69) is 5.32 Å². The summed E-state index contributed by atoms with van der Waals surface area (Å²) in [5.41, 5.74) is 4.77. The Morgan fingerprint density at radius 1 is 1.44 bits per heavy atom. The van der Waals surface area contributed by atoms with Crippen molar-refractivity contribution in [2.75, 3.05) is 13.1 Å². The van der Waals surface area contributed by atoms with Crippen molar-refractivity contribution in [2.45, 2.75) is 38.8 Å². The number of aliphatic carboxylic acids is 1. The molecule has 1 atom stereocenters. The van der Waals surface area contributed by atoms with Crippen molar-refractivity contribution in [3.8, 4) is 0 Å². The molecule has 0 radical (unpaired) electrons. The molecule has 94 valence electrons. The molecule has 0 aromatic carbocycles. The minimum absolute atomic E-state index is 0.137. The maximum atomic E-state index is 11.2. The molecule has 1 unspecified atom stereocenters. The summed E-state index contributed by atoms with van der Waals surface area (Å²) in [5.74, 6) is -1.38. The summed E-state index contributed by atoms with van der Waals surface area (Å²) in [7, 11) is 0. The Hall–Kier alpha value is -1.14. The van der Waals surface area contributed by atoms with Crippen molar-refractivity contribution >= 4 is 11.9 Å².